The largest absolute Gasteiger partial charge is 0.492 e. The quantitative estimate of drug-likeness (QED) is 0.791. The van der Waals surface area contributed by atoms with Gasteiger partial charge in [-0.1, -0.05) is 34.5 Å². The molecule has 0 saturated carbocycles. The molecule has 0 bridgehead atoms. The SMILES string of the molecule is CCC(CS)COc1cc(Br)ccc1Cl. The number of hydrogen-bond donors (Lipinski definition) is 1. The van der Waals surface area contributed by atoms with Crippen molar-refractivity contribution >= 4 is 40.2 Å². The minimum Gasteiger partial charge on any atom is -0.492 e. The normalized spacial score (nSPS) is 12.5. The maximum absolute atomic E-state index is 6.00. The van der Waals surface area contributed by atoms with Gasteiger partial charge in [-0.25, -0.2) is 0 Å². The first-order chi connectivity index (χ1) is 7.17. The van der Waals surface area contributed by atoms with Crippen molar-refractivity contribution < 1.29 is 4.74 Å². The second kappa shape index (κ2) is 6.66. The van der Waals surface area contributed by atoms with E-state index in [0.29, 0.717) is 17.5 Å². The lowest BCUT2D eigenvalue weighted by molar-refractivity contribution is 0.259. The summed E-state index contributed by atoms with van der Waals surface area (Å²) < 4.78 is 6.62. The van der Waals surface area contributed by atoms with Crippen molar-refractivity contribution in [2.75, 3.05) is 12.4 Å². The van der Waals surface area contributed by atoms with Gasteiger partial charge in [0.25, 0.3) is 0 Å². The van der Waals surface area contributed by atoms with E-state index in [4.69, 9.17) is 16.3 Å². The van der Waals surface area contributed by atoms with Gasteiger partial charge in [-0.3, -0.25) is 0 Å². The molecule has 1 unspecified atom stereocenters. The van der Waals surface area contributed by atoms with Crippen LogP contribution in [0.5, 0.6) is 5.75 Å². The molecule has 15 heavy (non-hydrogen) atoms. The average Bonchev–Trinajstić information content (AvgIpc) is 2.24. The second-order valence-corrected chi connectivity index (χ2v) is 5.03. The molecule has 1 atom stereocenters. The van der Waals surface area contributed by atoms with Crippen LogP contribution in [0.25, 0.3) is 0 Å². The first-order valence-electron chi connectivity index (χ1n) is 4.86. The molecule has 1 aromatic carbocycles. The van der Waals surface area contributed by atoms with Gasteiger partial charge in [-0.2, -0.15) is 12.6 Å². The third-order valence-corrected chi connectivity index (χ3v) is 3.53. The standard InChI is InChI=1S/C11H14BrClOS/c1-2-8(7-15)6-14-11-5-9(12)3-4-10(11)13/h3-5,8,15H,2,6-7H2,1H3. The van der Waals surface area contributed by atoms with E-state index in [1.54, 1.807) is 0 Å². The molecule has 0 fully saturated rings. The van der Waals surface area contributed by atoms with E-state index in [-0.39, 0.29) is 0 Å². The van der Waals surface area contributed by atoms with E-state index in [9.17, 15) is 0 Å². The Labute approximate surface area is 110 Å². The number of benzene rings is 1. The first-order valence-corrected chi connectivity index (χ1v) is 6.66. The second-order valence-electron chi connectivity index (χ2n) is 3.34. The van der Waals surface area contributed by atoms with Crippen LogP contribution >= 0.6 is 40.2 Å². The molecule has 0 spiro atoms. The fourth-order valence-electron chi connectivity index (χ4n) is 1.10. The van der Waals surface area contributed by atoms with Gasteiger partial charge < -0.3 is 4.74 Å². The molecular formula is C11H14BrClOS. The fraction of sp³-hybridized carbons (Fsp3) is 0.455. The Morgan fingerprint density at radius 1 is 1.53 bits per heavy atom. The molecular weight excluding hydrogens is 296 g/mol. The van der Waals surface area contributed by atoms with Crippen LogP contribution in [0.3, 0.4) is 0 Å². The van der Waals surface area contributed by atoms with Crippen LogP contribution in [-0.2, 0) is 0 Å². The number of halogens is 2. The average molecular weight is 310 g/mol. The molecule has 4 heteroatoms. The molecule has 0 aliphatic rings. The maximum atomic E-state index is 6.00. The Morgan fingerprint density at radius 2 is 2.27 bits per heavy atom. The Bertz CT molecular complexity index is 315. The van der Waals surface area contributed by atoms with Gasteiger partial charge in [-0.05, 0) is 30.4 Å². The summed E-state index contributed by atoms with van der Waals surface area (Å²) in [6.45, 7) is 2.79. The zero-order chi connectivity index (χ0) is 11.3. The summed E-state index contributed by atoms with van der Waals surface area (Å²) >= 11 is 13.7. The van der Waals surface area contributed by atoms with Crippen molar-refractivity contribution in [1.82, 2.24) is 0 Å². The highest BCUT2D eigenvalue weighted by Crippen LogP contribution is 2.28. The third-order valence-electron chi connectivity index (χ3n) is 2.20. The summed E-state index contributed by atoms with van der Waals surface area (Å²) in [5, 5.41) is 0.646. The molecule has 0 radical (unpaired) electrons. The molecule has 84 valence electrons. The van der Waals surface area contributed by atoms with Crippen LogP contribution in [0.2, 0.25) is 5.02 Å². The Hall–Kier alpha value is 0.140. The lowest BCUT2D eigenvalue weighted by Crippen LogP contribution is -2.12. The lowest BCUT2D eigenvalue weighted by Gasteiger charge is -2.14. The maximum Gasteiger partial charge on any atom is 0.139 e. The molecule has 1 aromatic rings. The Balaban J connectivity index is 2.60. The van der Waals surface area contributed by atoms with Crippen LogP contribution in [0.15, 0.2) is 22.7 Å². The number of hydrogen-bond acceptors (Lipinski definition) is 2. The summed E-state index contributed by atoms with van der Waals surface area (Å²) in [6.07, 6.45) is 1.06. The summed E-state index contributed by atoms with van der Waals surface area (Å²) in [5.41, 5.74) is 0. The number of ether oxygens (including phenoxy) is 1. The first kappa shape index (κ1) is 13.2. The molecule has 0 heterocycles. The molecule has 0 amide bonds. The van der Waals surface area contributed by atoms with Crippen LogP contribution in [0, 0.1) is 5.92 Å². The van der Waals surface area contributed by atoms with E-state index in [2.05, 4.69) is 35.5 Å². The van der Waals surface area contributed by atoms with Crippen LogP contribution < -0.4 is 4.74 Å². The summed E-state index contributed by atoms with van der Waals surface area (Å²) in [4.78, 5) is 0. The van der Waals surface area contributed by atoms with Crippen molar-refractivity contribution in [2.45, 2.75) is 13.3 Å². The molecule has 0 N–H and O–H groups in total. The van der Waals surface area contributed by atoms with Gasteiger partial charge in [0.2, 0.25) is 0 Å². The Morgan fingerprint density at radius 3 is 2.87 bits per heavy atom. The van der Waals surface area contributed by atoms with E-state index >= 15 is 0 Å². The van der Waals surface area contributed by atoms with Gasteiger partial charge in [0.15, 0.2) is 0 Å². The minimum atomic E-state index is 0.475. The molecule has 0 aromatic heterocycles. The van der Waals surface area contributed by atoms with E-state index in [0.717, 1.165) is 22.4 Å². The van der Waals surface area contributed by atoms with E-state index in [1.807, 2.05) is 18.2 Å². The number of rotatable bonds is 5. The molecule has 0 aliphatic heterocycles. The monoisotopic (exact) mass is 308 g/mol. The van der Waals surface area contributed by atoms with E-state index < -0.39 is 0 Å². The van der Waals surface area contributed by atoms with Crippen molar-refractivity contribution in [3.8, 4) is 5.75 Å². The predicted molar refractivity (Wildman–Crippen MR) is 72.3 cm³/mol. The highest BCUT2D eigenvalue weighted by Gasteiger charge is 2.07. The number of thiol groups is 1. The van der Waals surface area contributed by atoms with Crippen molar-refractivity contribution in [3.63, 3.8) is 0 Å². The molecule has 1 rings (SSSR count). The highest BCUT2D eigenvalue weighted by molar-refractivity contribution is 9.10. The molecule has 1 nitrogen and oxygen atoms in total. The van der Waals surface area contributed by atoms with Gasteiger partial charge in [-0.15, -0.1) is 0 Å². The van der Waals surface area contributed by atoms with Crippen molar-refractivity contribution in [3.05, 3.63) is 27.7 Å². The van der Waals surface area contributed by atoms with Crippen LogP contribution in [-0.4, -0.2) is 12.4 Å². The van der Waals surface area contributed by atoms with Crippen molar-refractivity contribution in [1.29, 1.82) is 0 Å². The summed E-state index contributed by atoms with van der Waals surface area (Å²) in [7, 11) is 0. The Kier molecular flexibility index (Phi) is 5.87. The van der Waals surface area contributed by atoms with Gasteiger partial charge >= 0.3 is 0 Å². The summed E-state index contributed by atoms with van der Waals surface area (Å²) in [6, 6.07) is 5.60. The van der Waals surface area contributed by atoms with Gasteiger partial charge in [0.05, 0.1) is 11.6 Å². The van der Waals surface area contributed by atoms with Gasteiger partial charge in [0, 0.05) is 10.4 Å². The zero-order valence-corrected chi connectivity index (χ0v) is 11.8. The zero-order valence-electron chi connectivity index (χ0n) is 8.54. The van der Waals surface area contributed by atoms with Crippen LogP contribution in [0.1, 0.15) is 13.3 Å². The predicted octanol–water partition coefficient (Wildman–Crippen LogP) is 4.44. The molecule has 0 aliphatic carbocycles. The lowest BCUT2D eigenvalue weighted by atomic mass is 10.1. The van der Waals surface area contributed by atoms with Gasteiger partial charge in [0.1, 0.15) is 5.75 Å². The highest BCUT2D eigenvalue weighted by atomic mass is 79.9. The van der Waals surface area contributed by atoms with Crippen LogP contribution in [0.4, 0.5) is 0 Å². The van der Waals surface area contributed by atoms with Crippen molar-refractivity contribution in [2.24, 2.45) is 5.92 Å². The smallest absolute Gasteiger partial charge is 0.139 e. The molecule has 0 saturated heterocycles. The summed E-state index contributed by atoms with van der Waals surface area (Å²) in [5.74, 6) is 2.04. The minimum absolute atomic E-state index is 0.475. The van der Waals surface area contributed by atoms with E-state index in [1.165, 1.54) is 0 Å². The fourth-order valence-corrected chi connectivity index (χ4v) is 1.97. The third kappa shape index (κ3) is 4.25. The topological polar surface area (TPSA) is 9.23 Å².